The quantitative estimate of drug-likeness (QED) is 0.921. The molecule has 18 heavy (non-hydrogen) atoms. The van der Waals surface area contributed by atoms with Crippen LogP contribution in [-0.2, 0) is 11.2 Å². The Bertz CT molecular complexity index is 569. The van der Waals surface area contributed by atoms with Crippen molar-refractivity contribution in [1.29, 1.82) is 0 Å². The molecule has 1 amide bonds. The Morgan fingerprint density at radius 3 is 2.83 bits per heavy atom. The molecule has 0 radical (unpaired) electrons. The number of halogens is 1. The highest BCUT2D eigenvalue weighted by molar-refractivity contribution is 6.30. The van der Waals surface area contributed by atoms with Crippen LogP contribution in [0.1, 0.15) is 11.1 Å². The molecule has 1 aromatic carbocycles. The van der Waals surface area contributed by atoms with Gasteiger partial charge < -0.3 is 5.32 Å². The fraction of sp³-hybridized carbons (Fsp3) is 0.143. The predicted octanol–water partition coefficient (Wildman–Crippen LogP) is 3.22. The van der Waals surface area contributed by atoms with Crippen LogP contribution in [0.2, 0.25) is 5.02 Å². The van der Waals surface area contributed by atoms with Crippen molar-refractivity contribution in [1.82, 2.24) is 4.98 Å². The number of hydrogen-bond acceptors (Lipinski definition) is 2. The number of amides is 1. The first kappa shape index (κ1) is 12.6. The maximum Gasteiger partial charge on any atom is 0.229 e. The normalized spacial score (nSPS) is 10.1. The number of aromatic nitrogens is 1. The van der Waals surface area contributed by atoms with Gasteiger partial charge in [-0.2, -0.15) is 0 Å². The summed E-state index contributed by atoms with van der Waals surface area (Å²) in [7, 11) is 0. The molecule has 0 aliphatic heterocycles. The summed E-state index contributed by atoms with van der Waals surface area (Å²) >= 11 is 5.82. The molecule has 0 saturated heterocycles. The molecule has 3 nitrogen and oxygen atoms in total. The summed E-state index contributed by atoms with van der Waals surface area (Å²) in [5, 5.41) is 3.28. The monoisotopic (exact) mass is 260 g/mol. The number of hydrogen-bond donors (Lipinski definition) is 1. The zero-order chi connectivity index (χ0) is 13.0. The molecule has 2 aromatic rings. The van der Waals surface area contributed by atoms with Crippen molar-refractivity contribution in [3.05, 3.63) is 58.7 Å². The van der Waals surface area contributed by atoms with Gasteiger partial charge in [-0.05, 0) is 30.2 Å². The Morgan fingerprint density at radius 2 is 2.11 bits per heavy atom. The Balaban J connectivity index is 2.03. The molecule has 0 bridgehead atoms. The fourth-order valence-electron chi connectivity index (χ4n) is 1.64. The Kier molecular flexibility index (Phi) is 3.95. The highest BCUT2D eigenvalue weighted by Gasteiger charge is 2.06. The van der Waals surface area contributed by atoms with E-state index in [4.69, 9.17) is 11.6 Å². The number of nitrogens with one attached hydrogen (secondary N) is 1. The van der Waals surface area contributed by atoms with Gasteiger partial charge in [0.15, 0.2) is 0 Å². The lowest BCUT2D eigenvalue weighted by Crippen LogP contribution is -2.15. The number of aryl methyl sites for hydroxylation is 1. The van der Waals surface area contributed by atoms with E-state index in [1.807, 2.05) is 31.2 Å². The van der Waals surface area contributed by atoms with E-state index in [0.29, 0.717) is 17.3 Å². The largest absolute Gasteiger partial charge is 0.310 e. The van der Waals surface area contributed by atoms with Crippen molar-refractivity contribution in [3.63, 3.8) is 0 Å². The Hall–Kier alpha value is -1.87. The predicted molar refractivity (Wildman–Crippen MR) is 72.8 cm³/mol. The first-order chi connectivity index (χ1) is 8.65. The van der Waals surface area contributed by atoms with Gasteiger partial charge in [0.25, 0.3) is 0 Å². The van der Waals surface area contributed by atoms with Crippen LogP contribution in [0.25, 0.3) is 0 Å². The number of pyridine rings is 1. The molecule has 4 heteroatoms. The summed E-state index contributed by atoms with van der Waals surface area (Å²) in [5.41, 5.74) is 2.11. The topological polar surface area (TPSA) is 42.0 Å². The lowest BCUT2D eigenvalue weighted by atomic mass is 10.1. The van der Waals surface area contributed by atoms with E-state index in [-0.39, 0.29) is 5.91 Å². The summed E-state index contributed by atoms with van der Waals surface area (Å²) in [5.74, 6) is 0.375. The van der Waals surface area contributed by atoms with Crippen molar-refractivity contribution < 1.29 is 4.79 Å². The van der Waals surface area contributed by atoms with Crippen LogP contribution in [0.15, 0.2) is 42.6 Å². The third-order valence-corrected chi connectivity index (χ3v) is 2.84. The number of anilines is 1. The maximum absolute atomic E-state index is 11.9. The minimum Gasteiger partial charge on any atom is -0.310 e. The molecule has 0 fully saturated rings. The van der Waals surface area contributed by atoms with Crippen LogP contribution in [0, 0.1) is 6.92 Å². The van der Waals surface area contributed by atoms with Gasteiger partial charge in [-0.1, -0.05) is 35.9 Å². The van der Waals surface area contributed by atoms with Crippen LogP contribution in [-0.4, -0.2) is 10.9 Å². The summed E-state index contributed by atoms with van der Waals surface area (Å²) in [6.07, 6.45) is 1.90. The van der Waals surface area contributed by atoms with Gasteiger partial charge in [-0.25, -0.2) is 4.98 Å². The highest BCUT2D eigenvalue weighted by Crippen LogP contribution is 2.13. The smallest absolute Gasteiger partial charge is 0.229 e. The molecule has 0 spiro atoms. The van der Waals surface area contributed by atoms with E-state index in [0.717, 1.165) is 11.1 Å². The van der Waals surface area contributed by atoms with E-state index in [9.17, 15) is 4.79 Å². The fourth-order valence-corrected chi connectivity index (χ4v) is 1.80. The number of carbonyl (C=O) groups excluding carboxylic acids is 1. The number of benzene rings is 1. The third kappa shape index (κ3) is 3.31. The molecule has 92 valence electrons. The molecule has 2 rings (SSSR count). The second-order valence-corrected chi connectivity index (χ2v) is 4.45. The highest BCUT2D eigenvalue weighted by atomic mass is 35.5. The van der Waals surface area contributed by atoms with Crippen molar-refractivity contribution in [2.75, 3.05) is 5.32 Å². The van der Waals surface area contributed by atoms with Gasteiger partial charge in [0, 0.05) is 11.2 Å². The molecular formula is C14H13ClN2O. The van der Waals surface area contributed by atoms with E-state index < -0.39 is 0 Å². The van der Waals surface area contributed by atoms with E-state index >= 15 is 0 Å². The van der Waals surface area contributed by atoms with Gasteiger partial charge in [0.2, 0.25) is 5.91 Å². The summed E-state index contributed by atoms with van der Waals surface area (Å²) in [6.45, 7) is 1.99. The van der Waals surface area contributed by atoms with Crippen LogP contribution < -0.4 is 5.32 Å². The number of rotatable bonds is 3. The average Bonchev–Trinajstić information content (AvgIpc) is 2.32. The van der Waals surface area contributed by atoms with E-state index in [1.165, 1.54) is 0 Å². The Labute approximate surface area is 111 Å². The van der Waals surface area contributed by atoms with Gasteiger partial charge >= 0.3 is 0 Å². The van der Waals surface area contributed by atoms with Gasteiger partial charge in [0.05, 0.1) is 6.42 Å². The molecule has 0 unspecified atom stereocenters. The zero-order valence-electron chi connectivity index (χ0n) is 9.98. The summed E-state index contributed by atoms with van der Waals surface area (Å²) in [4.78, 5) is 15.9. The molecule has 0 aliphatic carbocycles. The maximum atomic E-state index is 11.9. The lowest BCUT2D eigenvalue weighted by molar-refractivity contribution is -0.115. The first-order valence-electron chi connectivity index (χ1n) is 5.61. The number of carbonyl (C=O) groups is 1. The number of nitrogens with zero attached hydrogens (tertiary/aromatic N) is 1. The van der Waals surface area contributed by atoms with Crippen molar-refractivity contribution in [2.24, 2.45) is 0 Å². The van der Waals surface area contributed by atoms with E-state index in [2.05, 4.69) is 10.3 Å². The summed E-state index contributed by atoms with van der Waals surface area (Å²) < 4.78 is 0. The van der Waals surface area contributed by atoms with Gasteiger partial charge in [-0.3, -0.25) is 4.79 Å². The van der Waals surface area contributed by atoms with Crippen molar-refractivity contribution in [3.8, 4) is 0 Å². The van der Waals surface area contributed by atoms with Crippen molar-refractivity contribution >= 4 is 23.3 Å². The molecular weight excluding hydrogens is 248 g/mol. The van der Waals surface area contributed by atoms with Crippen LogP contribution in [0.3, 0.4) is 0 Å². The molecule has 0 aliphatic rings. The second kappa shape index (κ2) is 5.65. The first-order valence-corrected chi connectivity index (χ1v) is 5.99. The van der Waals surface area contributed by atoms with Crippen LogP contribution in [0.4, 0.5) is 5.82 Å². The van der Waals surface area contributed by atoms with Crippen LogP contribution >= 0.6 is 11.6 Å². The molecule has 0 atom stereocenters. The molecule has 1 heterocycles. The molecule has 0 saturated carbocycles. The molecule has 1 aromatic heterocycles. The van der Waals surface area contributed by atoms with Gasteiger partial charge in [-0.15, -0.1) is 0 Å². The van der Waals surface area contributed by atoms with Gasteiger partial charge in [0.1, 0.15) is 5.82 Å². The molecule has 1 N–H and O–H groups in total. The zero-order valence-corrected chi connectivity index (χ0v) is 10.7. The minimum absolute atomic E-state index is 0.0981. The standard InChI is InChI=1S/C14H13ClN2O/c1-10-4-2-3-5-11(10)8-14(18)17-13-9-12(15)6-7-16-13/h2-7,9H,8H2,1H3,(H,16,17,18). The van der Waals surface area contributed by atoms with E-state index in [1.54, 1.807) is 18.3 Å². The minimum atomic E-state index is -0.0981. The lowest BCUT2D eigenvalue weighted by Gasteiger charge is -2.06. The second-order valence-electron chi connectivity index (χ2n) is 4.01. The Morgan fingerprint density at radius 1 is 1.33 bits per heavy atom. The third-order valence-electron chi connectivity index (χ3n) is 2.60. The van der Waals surface area contributed by atoms with Crippen molar-refractivity contribution in [2.45, 2.75) is 13.3 Å². The average molecular weight is 261 g/mol. The SMILES string of the molecule is Cc1ccccc1CC(=O)Nc1cc(Cl)ccn1. The summed E-state index contributed by atoms with van der Waals surface area (Å²) in [6, 6.07) is 11.1. The van der Waals surface area contributed by atoms with Crippen LogP contribution in [0.5, 0.6) is 0 Å².